The summed E-state index contributed by atoms with van der Waals surface area (Å²) in [5.41, 5.74) is 9.05. The number of benzene rings is 1. The normalized spacial score (nSPS) is 11.9. The van der Waals surface area contributed by atoms with Crippen molar-refractivity contribution < 1.29 is 4.42 Å². The van der Waals surface area contributed by atoms with Crippen LogP contribution in [0.4, 0.5) is 5.69 Å². The molecule has 5 nitrogen and oxygen atoms in total. The molecule has 0 amide bonds. The Morgan fingerprint density at radius 2 is 2.21 bits per heavy atom. The molecule has 0 bridgehead atoms. The number of anilines is 1. The number of aromatic nitrogens is 1. The number of nitrogens with one attached hydrogen (secondary N) is 1. The van der Waals surface area contributed by atoms with Gasteiger partial charge in [0.15, 0.2) is 16.7 Å². The van der Waals surface area contributed by atoms with Gasteiger partial charge in [0, 0.05) is 11.1 Å². The van der Waals surface area contributed by atoms with E-state index in [4.69, 9.17) is 10.2 Å². The molecule has 24 heavy (non-hydrogen) atoms. The number of furan rings is 1. The minimum atomic E-state index is 0.378. The van der Waals surface area contributed by atoms with Crippen molar-refractivity contribution >= 4 is 23.0 Å². The minimum absolute atomic E-state index is 0.378. The average molecular weight is 340 g/mol. The van der Waals surface area contributed by atoms with E-state index in [1.165, 1.54) is 16.9 Å². The summed E-state index contributed by atoms with van der Waals surface area (Å²) in [4.78, 5) is 8.86. The molecule has 3 rings (SSSR count). The van der Waals surface area contributed by atoms with E-state index in [0.29, 0.717) is 18.4 Å². The molecular weight excluding hydrogens is 320 g/mol. The number of nitrogens with zero attached hydrogens (tertiary/aromatic N) is 2. The number of hydrogen-bond donors (Lipinski definition) is 2. The molecule has 3 N–H and O–H groups in total. The third kappa shape index (κ3) is 4.02. The first-order valence-electron chi connectivity index (χ1n) is 7.77. The molecule has 0 radical (unpaired) electrons. The summed E-state index contributed by atoms with van der Waals surface area (Å²) in [6, 6.07) is 11.9. The van der Waals surface area contributed by atoms with Crippen molar-refractivity contribution in [1.82, 2.24) is 4.98 Å². The topological polar surface area (TPSA) is 76.4 Å². The Bertz CT molecular complexity index is 821. The van der Waals surface area contributed by atoms with Gasteiger partial charge in [0.2, 0.25) is 0 Å². The molecule has 124 valence electrons. The van der Waals surface area contributed by atoms with Crippen LogP contribution < -0.4 is 11.1 Å². The fraction of sp³-hybridized carbons (Fsp3) is 0.222. The lowest BCUT2D eigenvalue weighted by Crippen LogP contribution is -2.22. The van der Waals surface area contributed by atoms with Gasteiger partial charge in [-0.15, -0.1) is 11.3 Å². The Morgan fingerprint density at radius 3 is 2.96 bits per heavy atom. The second-order valence-corrected chi connectivity index (χ2v) is 6.59. The highest BCUT2D eigenvalue weighted by atomic mass is 32.1. The number of thiazole rings is 1. The van der Waals surface area contributed by atoms with Crippen molar-refractivity contribution in [2.75, 3.05) is 5.32 Å². The maximum Gasteiger partial charge on any atom is 0.193 e. The highest BCUT2D eigenvalue weighted by molar-refractivity contribution is 7.13. The van der Waals surface area contributed by atoms with Gasteiger partial charge in [0.1, 0.15) is 0 Å². The lowest BCUT2D eigenvalue weighted by Gasteiger charge is -2.09. The van der Waals surface area contributed by atoms with Crippen molar-refractivity contribution in [3.8, 4) is 10.8 Å². The summed E-state index contributed by atoms with van der Waals surface area (Å²) in [6.07, 6.45) is 1.64. The molecule has 0 aliphatic heterocycles. The van der Waals surface area contributed by atoms with Crippen LogP contribution in [-0.2, 0) is 6.54 Å². The van der Waals surface area contributed by atoms with E-state index in [1.54, 1.807) is 6.26 Å². The molecule has 0 fully saturated rings. The van der Waals surface area contributed by atoms with Crippen LogP contribution in [0, 0.1) is 0 Å². The van der Waals surface area contributed by atoms with E-state index in [0.717, 1.165) is 22.1 Å². The largest absolute Gasteiger partial charge is 0.462 e. The molecular formula is C18H20N4OS. The molecule has 0 spiro atoms. The molecule has 0 aliphatic carbocycles. The first kappa shape index (κ1) is 16.3. The second-order valence-electron chi connectivity index (χ2n) is 5.73. The lowest BCUT2D eigenvalue weighted by molar-refractivity contribution is 0.581. The molecule has 3 aromatic rings. The summed E-state index contributed by atoms with van der Waals surface area (Å²) < 4.78 is 5.34. The van der Waals surface area contributed by atoms with E-state index in [9.17, 15) is 0 Å². The van der Waals surface area contributed by atoms with Crippen LogP contribution in [0.5, 0.6) is 0 Å². The Hall–Kier alpha value is -2.60. The van der Waals surface area contributed by atoms with E-state index in [-0.39, 0.29) is 0 Å². The van der Waals surface area contributed by atoms with Gasteiger partial charge in [-0.25, -0.2) is 9.98 Å². The van der Waals surface area contributed by atoms with Gasteiger partial charge < -0.3 is 15.5 Å². The zero-order valence-corrected chi connectivity index (χ0v) is 14.5. The van der Waals surface area contributed by atoms with E-state index < -0.39 is 0 Å². The predicted octanol–water partition coefficient (Wildman–Crippen LogP) is 4.45. The maximum atomic E-state index is 5.98. The number of rotatable bonds is 5. The monoisotopic (exact) mass is 340 g/mol. The molecule has 2 aromatic heterocycles. The Labute approximate surface area is 145 Å². The average Bonchev–Trinajstić information content (AvgIpc) is 3.24. The zero-order valence-electron chi connectivity index (χ0n) is 13.7. The van der Waals surface area contributed by atoms with E-state index in [2.05, 4.69) is 41.3 Å². The first-order chi connectivity index (χ1) is 11.6. The minimum Gasteiger partial charge on any atom is -0.462 e. The number of nitrogens with two attached hydrogens (primary N) is 1. The summed E-state index contributed by atoms with van der Waals surface area (Å²) in [5, 5.41) is 5.94. The Morgan fingerprint density at radius 1 is 1.33 bits per heavy atom. The highest BCUT2D eigenvalue weighted by Gasteiger charge is 2.07. The van der Waals surface area contributed by atoms with Gasteiger partial charge in [-0.05, 0) is 35.7 Å². The number of aliphatic imine (C=N–C) groups is 1. The molecule has 0 unspecified atom stereocenters. The van der Waals surface area contributed by atoms with Crippen LogP contribution in [0.3, 0.4) is 0 Å². The molecule has 0 atom stereocenters. The van der Waals surface area contributed by atoms with Crippen LogP contribution in [0.1, 0.15) is 31.0 Å². The van der Waals surface area contributed by atoms with Crippen molar-refractivity contribution in [2.45, 2.75) is 26.3 Å². The zero-order chi connectivity index (χ0) is 16.9. The third-order valence-corrected chi connectivity index (χ3v) is 4.43. The third-order valence-electron chi connectivity index (χ3n) is 3.52. The molecule has 6 heteroatoms. The fourth-order valence-electron chi connectivity index (χ4n) is 2.22. The van der Waals surface area contributed by atoms with Gasteiger partial charge in [-0.1, -0.05) is 26.0 Å². The summed E-state index contributed by atoms with van der Waals surface area (Å²) >= 11 is 1.53. The summed E-state index contributed by atoms with van der Waals surface area (Å²) in [5.74, 6) is 1.62. The van der Waals surface area contributed by atoms with Gasteiger partial charge in [0.05, 0.1) is 18.5 Å². The highest BCUT2D eigenvalue weighted by Crippen LogP contribution is 2.24. The summed E-state index contributed by atoms with van der Waals surface area (Å²) in [7, 11) is 0. The SMILES string of the molecule is CC(C)c1cccc(NC(N)=NCc2csc(-c3ccco3)n2)c1. The number of hydrogen-bond acceptors (Lipinski definition) is 4. The second kappa shape index (κ2) is 7.31. The molecule has 0 saturated carbocycles. The van der Waals surface area contributed by atoms with Gasteiger partial charge in [-0.3, -0.25) is 0 Å². The van der Waals surface area contributed by atoms with E-state index in [1.807, 2.05) is 29.6 Å². The van der Waals surface area contributed by atoms with E-state index >= 15 is 0 Å². The molecule has 2 heterocycles. The molecule has 0 aliphatic rings. The van der Waals surface area contributed by atoms with Gasteiger partial charge >= 0.3 is 0 Å². The Balaban J connectivity index is 1.63. The van der Waals surface area contributed by atoms with Crippen molar-refractivity contribution in [3.63, 3.8) is 0 Å². The van der Waals surface area contributed by atoms with Crippen LogP contribution in [0.25, 0.3) is 10.8 Å². The predicted molar refractivity (Wildman–Crippen MR) is 99.3 cm³/mol. The molecule has 1 aromatic carbocycles. The molecule has 0 saturated heterocycles. The van der Waals surface area contributed by atoms with Crippen LogP contribution in [0.15, 0.2) is 57.5 Å². The van der Waals surface area contributed by atoms with Crippen LogP contribution in [-0.4, -0.2) is 10.9 Å². The smallest absolute Gasteiger partial charge is 0.193 e. The summed E-state index contributed by atoms with van der Waals surface area (Å²) in [6.45, 7) is 4.75. The fourth-order valence-corrected chi connectivity index (χ4v) is 3.00. The first-order valence-corrected chi connectivity index (χ1v) is 8.65. The Kier molecular flexibility index (Phi) is 4.96. The van der Waals surface area contributed by atoms with Crippen LogP contribution in [0.2, 0.25) is 0 Å². The van der Waals surface area contributed by atoms with Gasteiger partial charge in [0.25, 0.3) is 0 Å². The van der Waals surface area contributed by atoms with Crippen molar-refractivity contribution in [1.29, 1.82) is 0 Å². The maximum absolute atomic E-state index is 5.98. The van der Waals surface area contributed by atoms with Gasteiger partial charge in [-0.2, -0.15) is 0 Å². The lowest BCUT2D eigenvalue weighted by atomic mass is 10.0. The van der Waals surface area contributed by atoms with Crippen LogP contribution >= 0.6 is 11.3 Å². The quantitative estimate of drug-likeness (QED) is 0.531. The standard InChI is InChI=1S/C18H20N4OS/c1-12(2)13-5-3-6-14(9-13)22-18(19)20-10-15-11-24-17(21-15)16-7-4-8-23-16/h3-9,11-12H,10H2,1-2H3,(H3,19,20,22). The van der Waals surface area contributed by atoms with Crippen molar-refractivity contribution in [2.24, 2.45) is 10.7 Å². The number of guanidine groups is 1. The van der Waals surface area contributed by atoms with Crippen molar-refractivity contribution in [3.05, 3.63) is 59.3 Å².